The van der Waals surface area contributed by atoms with E-state index in [-0.39, 0.29) is 21.9 Å². The second-order valence-electron chi connectivity index (χ2n) is 9.66. The molecule has 12 heteroatoms. The molecule has 1 unspecified atom stereocenters. The number of carbonyl (C=O) groups excluding carboxylic acids is 1. The molecule has 0 aliphatic heterocycles. The summed E-state index contributed by atoms with van der Waals surface area (Å²) in [7, 11) is -3.41. The molecule has 2 aliphatic rings. The Kier molecular flexibility index (Phi) is 7.10. The predicted molar refractivity (Wildman–Crippen MR) is 140 cm³/mol. The molecule has 2 aromatic heterocycles. The van der Waals surface area contributed by atoms with Crippen molar-refractivity contribution in [1.29, 1.82) is 0 Å². The third-order valence-electron chi connectivity index (χ3n) is 6.22. The molecule has 200 valence electrons. The largest absolute Gasteiger partial charge is 0.491 e. The van der Waals surface area contributed by atoms with Crippen LogP contribution in [0.2, 0.25) is 0 Å². The van der Waals surface area contributed by atoms with E-state index in [0.29, 0.717) is 54.5 Å². The van der Waals surface area contributed by atoms with Gasteiger partial charge in [0.15, 0.2) is 20.0 Å². The summed E-state index contributed by atoms with van der Waals surface area (Å²) in [6.45, 7) is 3.72. The first-order chi connectivity index (χ1) is 18.1. The summed E-state index contributed by atoms with van der Waals surface area (Å²) < 4.78 is 36.5. The quantitative estimate of drug-likeness (QED) is 0.388. The van der Waals surface area contributed by atoms with Gasteiger partial charge in [-0.15, -0.1) is 11.3 Å². The summed E-state index contributed by atoms with van der Waals surface area (Å²) in [6, 6.07) is 7.73. The summed E-state index contributed by atoms with van der Waals surface area (Å²) in [6.07, 6.45) is 3.99. The lowest BCUT2D eigenvalue weighted by atomic mass is 9.91. The van der Waals surface area contributed by atoms with Crippen molar-refractivity contribution in [3.05, 3.63) is 52.7 Å². The van der Waals surface area contributed by atoms with Gasteiger partial charge in [0.05, 0.1) is 29.2 Å². The Hall–Kier alpha value is -3.51. The number of aliphatic carboxylic acids is 1. The Morgan fingerprint density at radius 2 is 1.87 bits per heavy atom. The summed E-state index contributed by atoms with van der Waals surface area (Å²) in [4.78, 5) is 33.9. The Bertz CT molecular complexity index is 1480. The highest BCUT2D eigenvalue weighted by atomic mass is 32.2. The minimum Gasteiger partial charge on any atom is -0.491 e. The standard InChI is InChI=1S/C26H27N3O7S2/c1-14(2)35-18-9-16(24(30)29-26-28-21-7-3-15(25(31)32)11-22(21)37-26)10-19(12-18)36-17-4-8-23(27-13-17)38(33,34)20-5-6-20/h4,8-10,12-15,20H,3,5-7,11H2,1-2H3,(H,31,32)(H,28,29,30). The molecule has 0 radical (unpaired) electrons. The van der Waals surface area contributed by atoms with Crippen LogP contribution in [0, 0.1) is 5.92 Å². The van der Waals surface area contributed by atoms with Crippen molar-refractivity contribution in [3.8, 4) is 17.2 Å². The molecule has 10 nitrogen and oxygen atoms in total. The molecule has 1 atom stereocenters. The van der Waals surface area contributed by atoms with Crippen LogP contribution in [-0.4, -0.2) is 46.7 Å². The fourth-order valence-electron chi connectivity index (χ4n) is 4.19. The zero-order chi connectivity index (χ0) is 27.0. The molecule has 2 heterocycles. The zero-order valence-corrected chi connectivity index (χ0v) is 22.5. The topological polar surface area (TPSA) is 145 Å². The van der Waals surface area contributed by atoms with Gasteiger partial charge in [-0.1, -0.05) is 0 Å². The number of hydrogen-bond acceptors (Lipinski definition) is 9. The lowest BCUT2D eigenvalue weighted by Gasteiger charge is -2.16. The maximum Gasteiger partial charge on any atom is 0.306 e. The number of nitrogens with one attached hydrogen (secondary N) is 1. The number of aryl methyl sites for hydroxylation is 1. The third kappa shape index (κ3) is 5.81. The molecule has 1 fully saturated rings. The number of hydrogen-bond donors (Lipinski definition) is 2. The van der Waals surface area contributed by atoms with E-state index in [1.54, 1.807) is 18.2 Å². The number of anilines is 1. The predicted octanol–water partition coefficient (Wildman–Crippen LogP) is 4.50. The average molecular weight is 558 g/mol. The lowest BCUT2D eigenvalue weighted by Crippen LogP contribution is -2.21. The molecule has 1 amide bonds. The zero-order valence-electron chi connectivity index (χ0n) is 20.8. The number of fused-ring (bicyclic) bond motifs is 1. The van der Waals surface area contributed by atoms with Gasteiger partial charge in [-0.25, -0.2) is 18.4 Å². The minimum atomic E-state index is -3.41. The first-order valence-electron chi connectivity index (χ1n) is 12.3. The molecular formula is C26H27N3O7S2. The number of pyridine rings is 1. The van der Waals surface area contributed by atoms with Crippen molar-refractivity contribution in [1.82, 2.24) is 9.97 Å². The summed E-state index contributed by atoms with van der Waals surface area (Å²) in [5.41, 5.74) is 1.10. The van der Waals surface area contributed by atoms with Gasteiger partial charge in [0, 0.05) is 16.5 Å². The van der Waals surface area contributed by atoms with E-state index in [0.717, 1.165) is 10.6 Å². The molecule has 5 rings (SSSR count). The number of rotatable bonds is 9. The van der Waals surface area contributed by atoms with Gasteiger partial charge in [0.1, 0.15) is 17.2 Å². The van der Waals surface area contributed by atoms with Gasteiger partial charge in [-0.3, -0.25) is 14.9 Å². The van der Waals surface area contributed by atoms with Crippen LogP contribution in [-0.2, 0) is 27.5 Å². The average Bonchev–Trinajstić information content (AvgIpc) is 3.65. The Labute approximate surface area is 224 Å². The Balaban J connectivity index is 1.34. The highest BCUT2D eigenvalue weighted by Crippen LogP contribution is 2.35. The van der Waals surface area contributed by atoms with E-state index in [1.165, 1.54) is 29.7 Å². The molecule has 2 aliphatic carbocycles. The van der Waals surface area contributed by atoms with Crippen molar-refractivity contribution in [3.63, 3.8) is 0 Å². The van der Waals surface area contributed by atoms with Gasteiger partial charge in [0.2, 0.25) is 0 Å². The molecule has 1 aromatic carbocycles. The first-order valence-corrected chi connectivity index (χ1v) is 14.7. The van der Waals surface area contributed by atoms with E-state index in [9.17, 15) is 23.1 Å². The van der Waals surface area contributed by atoms with Crippen LogP contribution in [0.15, 0.2) is 41.6 Å². The normalized spacial score (nSPS) is 17.1. The SMILES string of the molecule is CC(C)Oc1cc(Oc2ccc(S(=O)(=O)C3CC3)nc2)cc(C(=O)Nc2nc3c(s2)CC(C(=O)O)CC3)c1. The number of ether oxygens (including phenoxy) is 2. The molecule has 3 aromatic rings. The van der Waals surface area contributed by atoms with Crippen molar-refractivity contribution in [2.24, 2.45) is 5.92 Å². The number of nitrogens with zero attached hydrogens (tertiary/aromatic N) is 2. The van der Waals surface area contributed by atoms with Gasteiger partial charge >= 0.3 is 5.97 Å². The number of amides is 1. The number of benzene rings is 1. The van der Waals surface area contributed by atoms with E-state index in [4.69, 9.17) is 9.47 Å². The number of carboxylic acids is 1. The van der Waals surface area contributed by atoms with Crippen LogP contribution < -0.4 is 14.8 Å². The molecule has 0 spiro atoms. The van der Waals surface area contributed by atoms with Gasteiger partial charge < -0.3 is 14.6 Å². The maximum absolute atomic E-state index is 13.1. The lowest BCUT2D eigenvalue weighted by molar-refractivity contribution is -0.142. The Morgan fingerprint density at radius 3 is 2.53 bits per heavy atom. The van der Waals surface area contributed by atoms with Crippen LogP contribution in [0.5, 0.6) is 17.2 Å². The van der Waals surface area contributed by atoms with Gasteiger partial charge in [0.25, 0.3) is 5.91 Å². The van der Waals surface area contributed by atoms with E-state index in [2.05, 4.69) is 15.3 Å². The fraction of sp³-hybridized carbons (Fsp3) is 0.385. The highest BCUT2D eigenvalue weighted by molar-refractivity contribution is 7.92. The highest BCUT2D eigenvalue weighted by Gasteiger charge is 2.37. The molecule has 0 saturated heterocycles. The van der Waals surface area contributed by atoms with E-state index < -0.39 is 27.6 Å². The summed E-state index contributed by atoms with van der Waals surface area (Å²) >= 11 is 1.28. The second-order valence-corrected chi connectivity index (χ2v) is 12.9. The van der Waals surface area contributed by atoms with Gasteiger partial charge in [-0.2, -0.15) is 0 Å². The van der Waals surface area contributed by atoms with Crippen LogP contribution in [0.3, 0.4) is 0 Å². The van der Waals surface area contributed by atoms with Crippen LogP contribution in [0.25, 0.3) is 0 Å². The number of carboxylic acid groups (broad SMARTS) is 1. The van der Waals surface area contributed by atoms with Crippen molar-refractivity contribution < 1.29 is 32.6 Å². The summed E-state index contributed by atoms with van der Waals surface area (Å²) in [5, 5.41) is 12.2. The minimum absolute atomic E-state index is 0.0186. The molecule has 38 heavy (non-hydrogen) atoms. The van der Waals surface area contributed by atoms with E-state index in [1.807, 2.05) is 13.8 Å². The van der Waals surface area contributed by atoms with Crippen molar-refractivity contribution in [2.75, 3.05) is 5.32 Å². The van der Waals surface area contributed by atoms with Crippen molar-refractivity contribution in [2.45, 2.75) is 62.3 Å². The van der Waals surface area contributed by atoms with Gasteiger partial charge in [-0.05, 0) is 70.2 Å². The smallest absolute Gasteiger partial charge is 0.306 e. The molecular weight excluding hydrogens is 530 g/mol. The fourth-order valence-corrected chi connectivity index (χ4v) is 6.83. The number of sulfone groups is 1. The number of thiazole rings is 1. The Morgan fingerprint density at radius 1 is 1.11 bits per heavy atom. The molecule has 2 N–H and O–H groups in total. The van der Waals surface area contributed by atoms with Crippen LogP contribution in [0.4, 0.5) is 5.13 Å². The first kappa shape index (κ1) is 26.1. The molecule has 1 saturated carbocycles. The molecule has 0 bridgehead atoms. The second kappa shape index (κ2) is 10.3. The van der Waals surface area contributed by atoms with Crippen LogP contribution in [0.1, 0.15) is 54.0 Å². The third-order valence-corrected chi connectivity index (χ3v) is 9.43. The maximum atomic E-state index is 13.1. The van der Waals surface area contributed by atoms with Crippen LogP contribution >= 0.6 is 11.3 Å². The van der Waals surface area contributed by atoms with Crippen molar-refractivity contribution >= 4 is 38.2 Å². The monoisotopic (exact) mass is 557 g/mol. The summed E-state index contributed by atoms with van der Waals surface area (Å²) in [5.74, 6) is -0.629. The number of aromatic nitrogens is 2. The van der Waals surface area contributed by atoms with E-state index >= 15 is 0 Å². The number of carbonyl (C=O) groups is 2.